The number of benzene rings is 1. The summed E-state index contributed by atoms with van der Waals surface area (Å²) in [5.41, 5.74) is 5.81. The van der Waals surface area contributed by atoms with Gasteiger partial charge in [0, 0.05) is 6.54 Å². The lowest BCUT2D eigenvalue weighted by Gasteiger charge is -2.04. The highest BCUT2D eigenvalue weighted by molar-refractivity contribution is 5.74. The highest BCUT2D eigenvalue weighted by Crippen LogP contribution is 2.16. The number of hydrogen-bond acceptors (Lipinski definition) is 2. The molecule has 1 aromatic carbocycles. The fourth-order valence-corrected chi connectivity index (χ4v) is 1.05. The first-order chi connectivity index (χ1) is 6.59. The smallest absolute Gasteiger partial charge is 0.185 e. The van der Waals surface area contributed by atoms with Crippen LogP contribution in [0, 0.1) is 11.2 Å². The Morgan fingerprint density at radius 3 is 2.86 bits per heavy atom. The number of phenolic OH excluding ortho intramolecular Hbond substituents is 1. The summed E-state index contributed by atoms with van der Waals surface area (Å²) in [4.78, 5) is 0. The topological polar surface area (TPSA) is 82.1 Å². The SMILES string of the molecule is N=C(N)NCCc1ccc(O)c(F)c1. The summed E-state index contributed by atoms with van der Waals surface area (Å²) in [6.07, 6.45) is 0.552. The van der Waals surface area contributed by atoms with Gasteiger partial charge in [-0.05, 0) is 24.1 Å². The van der Waals surface area contributed by atoms with Crippen LogP contribution >= 0.6 is 0 Å². The number of aromatic hydroxyl groups is 1. The molecule has 0 aromatic heterocycles. The van der Waals surface area contributed by atoms with Crippen LogP contribution in [0.3, 0.4) is 0 Å². The fourth-order valence-electron chi connectivity index (χ4n) is 1.05. The minimum absolute atomic E-state index is 0.107. The highest BCUT2D eigenvalue weighted by atomic mass is 19.1. The number of hydrogen-bond donors (Lipinski definition) is 4. The van der Waals surface area contributed by atoms with Crippen molar-refractivity contribution in [3.63, 3.8) is 0 Å². The molecular formula is C9H12FN3O. The number of phenols is 1. The van der Waals surface area contributed by atoms with Crippen molar-refractivity contribution in [2.75, 3.05) is 6.54 Å². The molecule has 1 rings (SSSR count). The van der Waals surface area contributed by atoms with Crippen molar-refractivity contribution in [3.05, 3.63) is 29.6 Å². The van der Waals surface area contributed by atoms with Crippen LogP contribution in [-0.4, -0.2) is 17.6 Å². The number of nitrogens with two attached hydrogens (primary N) is 1. The second kappa shape index (κ2) is 4.45. The molecule has 0 spiro atoms. The van der Waals surface area contributed by atoms with E-state index in [-0.39, 0.29) is 11.7 Å². The number of nitrogens with one attached hydrogen (secondary N) is 2. The van der Waals surface area contributed by atoms with Gasteiger partial charge in [0.05, 0.1) is 0 Å². The van der Waals surface area contributed by atoms with Crippen LogP contribution in [0.15, 0.2) is 18.2 Å². The van der Waals surface area contributed by atoms with Gasteiger partial charge in [-0.15, -0.1) is 0 Å². The van der Waals surface area contributed by atoms with E-state index in [1.54, 1.807) is 6.07 Å². The number of rotatable bonds is 3. The predicted molar refractivity (Wildman–Crippen MR) is 51.7 cm³/mol. The Kier molecular flexibility index (Phi) is 3.28. The molecule has 0 heterocycles. The second-order valence-electron chi connectivity index (χ2n) is 2.88. The van der Waals surface area contributed by atoms with Gasteiger partial charge in [-0.2, -0.15) is 0 Å². The van der Waals surface area contributed by atoms with E-state index in [1.807, 2.05) is 0 Å². The molecule has 0 bridgehead atoms. The minimum Gasteiger partial charge on any atom is -0.505 e. The number of guanidine groups is 1. The third-order valence-electron chi connectivity index (χ3n) is 1.74. The standard InChI is InChI=1S/C9H12FN3O/c10-7-5-6(1-2-8(7)14)3-4-13-9(11)12/h1-2,5,14H,3-4H2,(H4,11,12,13). The Bertz CT molecular complexity index is 341. The van der Waals surface area contributed by atoms with Gasteiger partial charge in [0.1, 0.15) is 0 Å². The molecule has 0 atom stereocenters. The lowest BCUT2D eigenvalue weighted by molar-refractivity contribution is 0.432. The van der Waals surface area contributed by atoms with Crippen molar-refractivity contribution >= 4 is 5.96 Å². The summed E-state index contributed by atoms with van der Waals surface area (Å²) in [5.74, 6) is -1.09. The molecule has 0 fully saturated rings. The Morgan fingerprint density at radius 2 is 2.29 bits per heavy atom. The zero-order valence-corrected chi connectivity index (χ0v) is 7.55. The summed E-state index contributed by atoms with van der Waals surface area (Å²) < 4.78 is 12.8. The van der Waals surface area contributed by atoms with Crippen molar-refractivity contribution in [1.29, 1.82) is 5.41 Å². The Balaban J connectivity index is 2.51. The van der Waals surface area contributed by atoms with Crippen molar-refractivity contribution < 1.29 is 9.50 Å². The van der Waals surface area contributed by atoms with Gasteiger partial charge in [-0.1, -0.05) is 6.07 Å². The van der Waals surface area contributed by atoms with Gasteiger partial charge in [-0.3, -0.25) is 5.41 Å². The lowest BCUT2D eigenvalue weighted by Crippen LogP contribution is -2.31. The first-order valence-corrected chi connectivity index (χ1v) is 4.15. The van der Waals surface area contributed by atoms with Gasteiger partial charge < -0.3 is 16.2 Å². The average molecular weight is 197 g/mol. The van der Waals surface area contributed by atoms with E-state index < -0.39 is 5.82 Å². The van der Waals surface area contributed by atoms with Gasteiger partial charge >= 0.3 is 0 Å². The van der Waals surface area contributed by atoms with Gasteiger partial charge in [-0.25, -0.2) is 4.39 Å². The van der Waals surface area contributed by atoms with Crippen molar-refractivity contribution in [3.8, 4) is 5.75 Å². The van der Waals surface area contributed by atoms with E-state index in [0.29, 0.717) is 13.0 Å². The third-order valence-corrected chi connectivity index (χ3v) is 1.74. The Labute approximate surface area is 81.1 Å². The van der Waals surface area contributed by atoms with E-state index in [0.717, 1.165) is 5.56 Å². The zero-order valence-electron chi connectivity index (χ0n) is 7.55. The molecular weight excluding hydrogens is 185 g/mol. The molecule has 76 valence electrons. The van der Waals surface area contributed by atoms with E-state index in [9.17, 15) is 4.39 Å². The Hall–Kier alpha value is -1.78. The molecule has 0 unspecified atom stereocenters. The molecule has 5 N–H and O–H groups in total. The van der Waals surface area contributed by atoms with Crippen molar-refractivity contribution in [1.82, 2.24) is 5.32 Å². The highest BCUT2D eigenvalue weighted by Gasteiger charge is 2.01. The quantitative estimate of drug-likeness (QED) is 0.422. The largest absolute Gasteiger partial charge is 0.505 e. The van der Waals surface area contributed by atoms with Crippen LogP contribution < -0.4 is 11.1 Å². The normalized spacial score (nSPS) is 9.79. The van der Waals surface area contributed by atoms with Crippen LogP contribution in [0.25, 0.3) is 0 Å². The molecule has 0 amide bonds. The first-order valence-electron chi connectivity index (χ1n) is 4.15. The molecule has 0 aliphatic carbocycles. The van der Waals surface area contributed by atoms with E-state index in [4.69, 9.17) is 16.2 Å². The van der Waals surface area contributed by atoms with Crippen LogP contribution in [0.5, 0.6) is 5.75 Å². The average Bonchev–Trinajstić information content (AvgIpc) is 2.10. The van der Waals surface area contributed by atoms with Crippen molar-refractivity contribution in [2.24, 2.45) is 5.73 Å². The molecule has 4 nitrogen and oxygen atoms in total. The first kappa shape index (κ1) is 10.3. The van der Waals surface area contributed by atoms with E-state index in [2.05, 4.69) is 5.32 Å². The van der Waals surface area contributed by atoms with Crippen LogP contribution in [0.1, 0.15) is 5.56 Å². The summed E-state index contributed by atoms with van der Waals surface area (Å²) in [6, 6.07) is 4.19. The summed E-state index contributed by atoms with van der Waals surface area (Å²) in [7, 11) is 0. The molecule has 1 aromatic rings. The Morgan fingerprint density at radius 1 is 1.57 bits per heavy atom. The fraction of sp³-hybridized carbons (Fsp3) is 0.222. The third kappa shape index (κ3) is 2.93. The summed E-state index contributed by atoms with van der Waals surface area (Å²) in [5, 5.41) is 18.4. The van der Waals surface area contributed by atoms with E-state index >= 15 is 0 Å². The predicted octanol–water partition coefficient (Wildman–Crippen LogP) is 0.557. The molecule has 0 aliphatic heterocycles. The molecule has 0 radical (unpaired) electrons. The summed E-state index contributed by atoms with van der Waals surface area (Å²) in [6.45, 7) is 0.472. The molecule has 5 heteroatoms. The van der Waals surface area contributed by atoms with Crippen LogP contribution in [0.4, 0.5) is 4.39 Å². The van der Waals surface area contributed by atoms with Crippen LogP contribution in [-0.2, 0) is 6.42 Å². The van der Waals surface area contributed by atoms with Gasteiger partial charge in [0.25, 0.3) is 0 Å². The monoisotopic (exact) mass is 197 g/mol. The minimum atomic E-state index is -0.634. The zero-order chi connectivity index (χ0) is 10.6. The lowest BCUT2D eigenvalue weighted by atomic mass is 10.1. The second-order valence-corrected chi connectivity index (χ2v) is 2.88. The van der Waals surface area contributed by atoms with Crippen LogP contribution in [0.2, 0.25) is 0 Å². The molecule has 14 heavy (non-hydrogen) atoms. The maximum atomic E-state index is 12.8. The van der Waals surface area contributed by atoms with Crippen molar-refractivity contribution in [2.45, 2.75) is 6.42 Å². The molecule has 0 saturated carbocycles. The summed E-state index contributed by atoms with van der Waals surface area (Å²) >= 11 is 0. The number of halogens is 1. The maximum absolute atomic E-state index is 12.8. The molecule has 0 aliphatic rings. The maximum Gasteiger partial charge on any atom is 0.185 e. The van der Waals surface area contributed by atoms with Gasteiger partial charge in [0.2, 0.25) is 0 Å². The van der Waals surface area contributed by atoms with Gasteiger partial charge in [0.15, 0.2) is 17.5 Å². The molecule has 0 saturated heterocycles. The van der Waals surface area contributed by atoms with E-state index in [1.165, 1.54) is 12.1 Å².